The molecule has 2 rings (SSSR count). The molecule has 0 fully saturated rings. The lowest BCUT2D eigenvalue weighted by molar-refractivity contribution is -0.118. The number of benzene rings is 1. The predicted molar refractivity (Wildman–Crippen MR) is 75.7 cm³/mol. The van der Waals surface area contributed by atoms with Gasteiger partial charge in [0.2, 0.25) is 5.91 Å². The number of amides is 1. The second-order valence-corrected chi connectivity index (χ2v) is 4.53. The molecule has 0 aliphatic heterocycles. The molecule has 2 aromatic rings. The first-order chi connectivity index (χ1) is 9.09. The zero-order chi connectivity index (χ0) is 13.8. The van der Waals surface area contributed by atoms with Crippen molar-refractivity contribution in [1.82, 2.24) is 4.98 Å². The molecule has 1 amide bonds. The molecule has 0 radical (unpaired) electrons. The van der Waals surface area contributed by atoms with Crippen molar-refractivity contribution in [2.45, 2.75) is 19.9 Å². The third-order valence-corrected chi connectivity index (χ3v) is 3.12. The number of hydrogen-bond donors (Lipinski definition) is 2. The first kappa shape index (κ1) is 13.1. The summed E-state index contributed by atoms with van der Waals surface area (Å²) >= 11 is 0. The number of carbonyl (C=O) groups excluding carboxylic acids is 1. The number of nitrogens with zero attached hydrogens (tertiary/aromatic N) is 1. The molecule has 1 aromatic carbocycles. The lowest BCUT2D eigenvalue weighted by Crippen LogP contribution is -2.28. The normalized spacial score (nSPS) is 11.9. The minimum atomic E-state index is -0.574. The molecule has 1 unspecified atom stereocenters. The molecule has 0 spiro atoms. The van der Waals surface area contributed by atoms with E-state index in [0.29, 0.717) is 0 Å². The fourth-order valence-corrected chi connectivity index (χ4v) is 1.97. The van der Waals surface area contributed by atoms with Crippen molar-refractivity contribution in [3.05, 3.63) is 59.4 Å². The van der Waals surface area contributed by atoms with Gasteiger partial charge in [-0.25, -0.2) is 0 Å². The molecule has 98 valence electrons. The highest BCUT2D eigenvalue weighted by Gasteiger charge is 2.20. The van der Waals surface area contributed by atoms with E-state index in [4.69, 9.17) is 5.73 Å². The molecule has 3 N–H and O–H groups in total. The number of hydrogen-bond acceptors (Lipinski definition) is 3. The summed E-state index contributed by atoms with van der Waals surface area (Å²) < 4.78 is 0. The predicted octanol–water partition coefficient (Wildman–Crippen LogP) is 2.34. The van der Waals surface area contributed by atoms with Gasteiger partial charge in [-0.05, 0) is 37.1 Å². The van der Waals surface area contributed by atoms with Crippen molar-refractivity contribution >= 4 is 11.6 Å². The Hall–Kier alpha value is -2.36. The topological polar surface area (TPSA) is 68.0 Å². The van der Waals surface area contributed by atoms with Crippen LogP contribution in [-0.4, -0.2) is 10.9 Å². The Balaban J connectivity index is 2.35. The van der Waals surface area contributed by atoms with Crippen molar-refractivity contribution in [3.63, 3.8) is 0 Å². The highest BCUT2D eigenvalue weighted by Crippen LogP contribution is 2.23. The van der Waals surface area contributed by atoms with Crippen LogP contribution in [0.25, 0.3) is 0 Å². The quantitative estimate of drug-likeness (QED) is 0.881. The van der Waals surface area contributed by atoms with E-state index in [0.717, 1.165) is 22.4 Å². The number of para-hydroxylation sites is 1. The van der Waals surface area contributed by atoms with Crippen LogP contribution >= 0.6 is 0 Å². The fourth-order valence-electron chi connectivity index (χ4n) is 1.97. The van der Waals surface area contributed by atoms with Crippen LogP contribution < -0.4 is 11.1 Å². The smallest absolute Gasteiger partial charge is 0.244 e. The summed E-state index contributed by atoms with van der Waals surface area (Å²) in [7, 11) is 0. The van der Waals surface area contributed by atoms with Gasteiger partial charge in [-0.3, -0.25) is 9.78 Å². The molecule has 1 atom stereocenters. The number of carbonyl (C=O) groups is 1. The van der Waals surface area contributed by atoms with E-state index in [-0.39, 0.29) is 0 Å². The van der Waals surface area contributed by atoms with Crippen molar-refractivity contribution in [2.75, 3.05) is 5.32 Å². The maximum Gasteiger partial charge on any atom is 0.244 e. The maximum absolute atomic E-state index is 11.7. The van der Waals surface area contributed by atoms with E-state index in [1.54, 1.807) is 12.4 Å². The monoisotopic (exact) mass is 255 g/mol. The number of rotatable bonds is 4. The molecule has 4 nitrogen and oxygen atoms in total. The molecule has 0 saturated heterocycles. The first-order valence-corrected chi connectivity index (χ1v) is 6.11. The largest absolute Gasteiger partial charge is 0.370 e. The van der Waals surface area contributed by atoms with Crippen molar-refractivity contribution in [3.8, 4) is 0 Å². The van der Waals surface area contributed by atoms with Crippen molar-refractivity contribution < 1.29 is 4.79 Å². The Morgan fingerprint density at radius 2 is 1.95 bits per heavy atom. The Kier molecular flexibility index (Phi) is 3.80. The van der Waals surface area contributed by atoms with E-state index < -0.39 is 11.9 Å². The van der Waals surface area contributed by atoms with Crippen LogP contribution in [0.15, 0.2) is 42.7 Å². The lowest BCUT2D eigenvalue weighted by atomic mass is 10.0. The molecule has 1 aromatic heterocycles. The average Bonchev–Trinajstić information content (AvgIpc) is 2.38. The molecule has 0 aliphatic carbocycles. The summed E-state index contributed by atoms with van der Waals surface area (Å²) in [4.78, 5) is 15.8. The zero-order valence-corrected chi connectivity index (χ0v) is 11.1. The third-order valence-electron chi connectivity index (χ3n) is 3.12. The Morgan fingerprint density at radius 3 is 2.58 bits per heavy atom. The van der Waals surface area contributed by atoms with Gasteiger partial charge in [-0.15, -0.1) is 0 Å². The molecule has 4 heteroatoms. The van der Waals surface area contributed by atoms with Crippen LogP contribution in [0.2, 0.25) is 0 Å². The number of nitrogens with one attached hydrogen (secondary N) is 1. The summed E-state index contributed by atoms with van der Waals surface area (Å²) in [6.07, 6.45) is 3.38. The minimum Gasteiger partial charge on any atom is -0.370 e. The molecule has 0 saturated carbocycles. The molecule has 19 heavy (non-hydrogen) atoms. The first-order valence-electron chi connectivity index (χ1n) is 6.11. The number of nitrogens with two attached hydrogens (primary N) is 1. The van der Waals surface area contributed by atoms with E-state index in [9.17, 15) is 4.79 Å². The van der Waals surface area contributed by atoms with E-state index >= 15 is 0 Å². The average molecular weight is 255 g/mol. The van der Waals surface area contributed by atoms with Crippen LogP contribution in [0.3, 0.4) is 0 Å². The summed E-state index contributed by atoms with van der Waals surface area (Å²) in [5.74, 6) is -0.417. The van der Waals surface area contributed by atoms with Crippen LogP contribution in [0.1, 0.15) is 22.7 Å². The fraction of sp³-hybridized carbons (Fsp3) is 0.200. The molecule has 0 bridgehead atoms. The maximum atomic E-state index is 11.7. The van der Waals surface area contributed by atoms with Crippen molar-refractivity contribution in [2.24, 2.45) is 5.73 Å². The molecular weight excluding hydrogens is 238 g/mol. The number of aromatic nitrogens is 1. The van der Waals surface area contributed by atoms with Crippen LogP contribution in [0.4, 0.5) is 5.69 Å². The van der Waals surface area contributed by atoms with Gasteiger partial charge in [0.1, 0.15) is 6.04 Å². The molecule has 0 aliphatic rings. The van der Waals surface area contributed by atoms with Gasteiger partial charge >= 0.3 is 0 Å². The van der Waals surface area contributed by atoms with Gasteiger partial charge in [-0.1, -0.05) is 18.2 Å². The number of aryl methyl sites for hydroxylation is 2. The summed E-state index contributed by atoms with van der Waals surface area (Å²) in [6.45, 7) is 3.92. The Labute approximate surface area is 112 Å². The zero-order valence-electron chi connectivity index (χ0n) is 11.1. The highest BCUT2D eigenvalue weighted by atomic mass is 16.1. The summed E-state index contributed by atoms with van der Waals surface area (Å²) in [6, 6.07) is 9.08. The minimum absolute atomic E-state index is 0.417. The van der Waals surface area contributed by atoms with Gasteiger partial charge in [0, 0.05) is 23.6 Å². The second-order valence-electron chi connectivity index (χ2n) is 4.53. The number of anilines is 1. The van der Waals surface area contributed by atoms with Gasteiger partial charge < -0.3 is 11.1 Å². The molecule has 1 heterocycles. The summed E-state index contributed by atoms with van der Waals surface area (Å²) in [5.41, 5.74) is 9.26. The number of pyridine rings is 1. The molecular formula is C15H17N3O. The van der Waals surface area contributed by atoms with Gasteiger partial charge in [0.05, 0.1) is 0 Å². The van der Waals surface area contributed by atoms with Gasteiger partial charge in [0.25, 0.3) is 0 Å². The lowest BCUT2D eigenvalue weighted by Gasteiger charge is -2.19. The SMILES string of the molecule is Cc1ccccc1NC(C(N)=O)c1cnccc1C. The Morgan fingerprint density at radius 1 is 1.21 bits per heavy atom. The third kappa shape index (κ3) is 2.91. The van der Waals surface area contributed by atoms with E-state index in [2.05, 4.69) is 10.3 Å². The van der Waals surface area contributed by atoms with E-state index in [1.165, 1.54) is 0 Å². The highest BCUT2D eigenvalue weighted by molar-refractivity contribution is 5.85. The van der Waals surface area contributed by atoms with Crippen LogP contribution in [0.5, 0.6) is 0 Å². The van der Waals surface area contributed by atoms with Gasteiger partial charge in [0.15, 0.2) is 0 Å². The van der Waals surface area contributed by atoms with Crippen molar-refractivity contribution in [1.29, 1.82) is 0 Å². The number of primary amides is 1. The summed E-state index contributed by atoms with van der Waals surface area (Å²) in [5, 5.41) is 3.19. The Bertz CT molecular complexity index is 595. The standard InChI is InChI=1S/C15H17N3O/c1-10-7-8-17-9-12(10)14(15(16)19)18-13-6-4-3-5-11(13)2/h3-9,14,18H,1-2H3,(H2,16,19). The van der Waals surface area contributed by atoms with Gasteiger partial charge in [-0.2, -0.15) is 0 Å². The second kappa shape index (κ2) is 5.52. The van der Waals surface area contributed by atoms with Crippen LogP contribution in [0, 0.1) is 13.8 Å². The van der Waals surface area contributed by atoms with E-state index in [1.807, 2.05) is 44.2 Å². The van der Waals surface area contributed by atoms with Crippen LogP contribution in [-0.2, 0) is 4.79 Å².